The minimum absolute atomic E-state index is 0.112. The molecule has 182 valence electrons. The number of hydrogen-bond donors (Lipinski definition) is 6. The molecule has 13 heteroatoms. The zero-order valence-electron chi connectivity index (χ0n) is 18.7. The second-order valence-corrected chi connectivity index (χ2v) is 8.78. The lowest BCUT2D eigenvalue weighted by molar-refractivity contribution is -0.119. The lowest BCUT2D eigenvalue weighted by Crippen LogP contribution is -2.37. The van der Waals surface area contributed by atoms with Crippen molar-refractivity contribution in [1.82, 2.24) is 4.90 Å². The predicted octanol–water partition coefficient (Wildman–Crippen LogP) is -1.56. The fourth-order valence-corrected chi connectivity index (χ4v) is 3.90. The minimum Gasteiger partial charge on any atom is -0.497 e. The molecule has 0 aliphatic rings. The van der Waals surface area contributed by atoms with Gasteiger partial charge >= 0.3 is 14.2 Å². The number of rotatable bonds is 12. The number of nitrogens with zero attached hydrogens (tertiary/aromatic N) is 1. The first-order chi connectivity index (χ1) is 16.0. The summed E-state index contributed by atoms with van der Waals surface area (Å²) in [7, 11) is -2.02. The molecule has 0 aliphatic carbocycles. The van der Waals surface area contributed by atoms with Crippen LogP contribution in [0.25, 0.3) is 0 Å². The van der Waals surface area contributed by atoms with Crippen molar-refractivity contribution >= 4 is 52.9 Å². The van der Waals surface area contributed by atoms with Gasteiger partial charge in [-0.25, -0.2) is 0 Å². The number of carbonyl (C=O) groups is 2. The SMILES string of the molecule is COc1cc(CN(CCCC[C@H](N)C(N)=O)C(=O)c2cc(Br)cc(B(O)O)c2)cc(B(O)O)c1. The molecule has 0 spiro atoms. The van der Waals surface area contributed by atoms with Gasteiger partial charge in [0.15, 0.2) is 0 Å². The number of methoxy groups -OCH3 is 1. The van der Waals surface area contributed by atoms with Crippen molar-refractivity contribution in [3.8, 4) is 5.75 Å². The summed E-state index contributed by atoms with van der Waals surface area (Å²) in [5.74, 6) is -0.575. The Bertz CT molecular complexity index is 1010. The fourth-order valence-electron chi connectivity index (χ4n) is 3.39. The molecule has 0 saturated heterocycles. The second kappa shape index (κ2) is 12.9. The molecular formula is C21H28B2BrN3O7. The molecule has 2 rings (SSSR count). The summed E-state index contributed by atoms with van der Waals surface area (Å²) < 4.78 is 5.73. The Labute approximate surface area is 206 Å². The molecule has 0 fully saturated rings. The molecule has 0 saturated carbocycles. The number of carbonyl (C=O) groups excluding carboxylic acids is 2. The monoisotopic (exact) mass is 535 g/mol. The van der Waals surface area contributed by atoms with Crippen LogP contribution < -0.4 is 27.1 Å². The Balaban J connectivity index is 2.32. The summed E-state index contributed by atoms with van der Waals surface area (Å²) in [5, 5.41) is 38.3. The van der Waals surface area contributed by atoms with Crippen LogP contribution in [0.5, 0.6) is 5.75 Å². The van der Waals surface area contributed by atoms with E-state index in [4.69, 9.17) is 16.2 Å². The quantitative estimate of drug-likeness (QED) is 0.139. The first-order valence-corrected chi connectivity index (χ1v) is 11.4. The number of nitrogens with two attached hydrogens (primary N) is 2. The summed E-state index contributed by atoms with van der Waals surface area (Å²) in [6.07, 6.45) is 1.44. The standard InChI is InChI=1S/C21H28B2BrN3O7/c1-34-18-7-13(6-15(11-18)22(30)31)12-27(5-3-2-4-19(25)20(26)28)21(29)14-8-16(23(32)33)10-17(24)9-14/h6-11,19,30-33H,2-5,12,25H2,1H3,(H2,26,28)/t19-/m0/s1. The van der Waals surface area contributed by atoms with Gasteiger partial charge in [0.2, 0.25) is 5.91 Å². The minimum atomic E-state index is -1.75. The number of amides is 2. The van der Waals surface area contributed by atoms with Crippen molar-refractivity contribution in [3.05, 3.63) is 52.0 Å². The Morgan fingerprint density at radius 3 is 2.26 bits per heavy atom. The molecule has 0 heterocycles. The van der Waals surface area contributed by atoms with Crippen molar-refractivity contribution in [1.29, 1.82) is 0 Å². The molecule has 0 radical (unpaired) electrons. The molecule has 1 atom stereocenters. The van der Waals surface area contributed by atoms with Crippen LogP contribution in [0.15, 0.2) is 40.9 Å². The van der Waals surface area contributed by atoms with Gasteiger partial charge in [-0.2, -0.15) is 0 Å². The van der Waals surface area contributed by atoms with Crippen LogP contribution in [0.2, 0.25) is 0 Å². The lowest BCUT2D eigenvalue weighted by Gasteiger charge is -2.24. The van der Waals surface area contributed by atoms with Gasteiger partial charge in [0.25, 0.3) is 5.91 Å². The van der Waals surface area contributed by atoms with Crippen LogP contribution in [0.4, 0.5) is 0 Å². The molecule has 8 N–H and O–H groups in total. The van der Waals surface area contributed by atoms with E-state index >= 15 is 0 Å². The highest BCUT2D eigenvalue weighted by molar-refractivity contribution is 9.10. The maximum atomic E-state index is 13.4. The normalized spacial score (nSPS) is 11.6. The summed E-state index contributed by atoms with van der Waals surface area (Å²) in [6, 6.07) is 8.40. The topological polar surface area (TPSA) is 180 Å². The molecule has 2 aromatic rings. The summed E-state index contributed by atoms with van der Waals surface area (Å²) in [6.45, 7) is 0.406. The Morgan fingerprint density at radius 2 is 1.68 bits per heavy atom. The average molecular weight is 536 g/mol. The number of hydrogen-bond acceptors (Lipinski definition) is 8. The van der Waals surface area contributed by atoms with Gasteiger partial charge < -0.3 is 41.2 Å². The van der Waals surface area contributed by atoms with Gasteiger partial charge in [-0.3, -0.25) is 9.59 Å². The third-order valence-corrected chi connectivity index (χ3v) is 5.66. The van der Waals surface area contributed by atoms with Crippen molar-refractivity contribution in [2.45, 2.75) is 31.8 Å². The Kier molecular flexibility index (Phi) is 10.5. The highest BCUT2D eigenvalue weighted by Gasteiger charge is 2.22. The van der Waals surface area contributed by atoms with E-state index in [1.807, 2.05) is 0 Å². The van der Waals surface area contributed by atoms with Crippen LogP contribution in [-0.2, 0) is 11.3 Å². The van der Waals surface area contributed by atoms with E-state index in [1.54, 1.807) is 18.2 Å². The first kappa shape index (κ1) is 27.8. The van der Waals surface area contributed by atoms with Gasteiger partial charge in [-0.1, -0.05) is 22.0 Å². The van der Waals surface area contributed by atoms with Gasteiger partial charge in [-0.15, -0.1) is 0 Å². The summed E-state index contributed by atoms with van der Waals surface area (Å²) >= 11 is 3.28. The van der Waals surface area contributed by atoms with E-state index in [1.165, 1.54) is 30.2 Å². The molecule has 0 bridgehead atoms. The third-order valence-electron chi connectivity index (χ3n) is 5.21. The summed E-state index contributed by atoms with van der Waals surface area (Å²) in [4.78, 5) is 26.1. The van der Waals surface area contributed by atoms with Gasteiger partial charge in [0.05, 0.1) is 13.2 Å². The van der Waals surface area contributed by atoms with E-state index < -0.39 is 26.2 Å². The maximum absolute atomic E-state index is 13.4. The number of halogens is 1. The molecule has 10 nitrogen and oxygen atoms in total. The predicted molar refractivity (Wildman–Crippen MR) is 133 cm³/mol. The highest BCUT2D eigenvalue weighted by atomic mass is 79.9. The van der Waals surface area contributed by atoms with Gasteiger partial charge in [-0.05, 0) is 66.1 Å². The first-order valence-electron chi connectivity index (χ1n) is 10.6. The Hall–Kier alpha value is -2.41. The third kappa shape index (κ3) is 8.12. The number of ether oxygens (including phenoxy) is 1. The number of benzene rings is 2. The van der Waals surface area contributed by atoms with Crippen LogP contribution >= 0.6 is 15.9 Å². The highest BCUT2D eigenvalue weighted by Crippen LogP contribution is 2.18. The van der Waals surface area contributed by atoms with E-state index in [0.717, 1.165) is 0 Å². The zero-order chi connectivity index (χ0) is 25.4. The number of unbranched alkanes of at least 4 members (excludes halogenated alkanes) is 1. The zero-order valence-corrected chi connectivity index (χ0v) is 20.3. The van der Waals surface area contributed by atoms with E-state index in [2.05, 4.69) is 15.9 Å². The van der Waals surface area contributed by atoms with E-state index in [0.29, 0.717) is 41.6 Å². The van der Waals surface area contributed by atoms with Crippen molar-refractivity contribution < 1.29 is 34.4 Å². The van der Waals surface area contributed by atoms with Crippen molar-refractivity contribution in [2.24, 2.45) is 11.5 Å². The smallest absolute Gasteiger partial charge is 0.488 e. The second-order valence-electron chi connectivity index (χ2n) is 7.87. The van der Waals surface area contributed by atoms with E-state index in [-0.39, 0.29) is 28.9 Å². The van der Waals surface area contributed by atoms with Crippen LogP contribution in [0.1, 0.15) is 35.2 Å². The summed E-state index contributed by atoms with van der Waals surface area (Å²) in [5.41, 5.74) is 12.1. The van der Waals surface area contributed by atoms with E-state index in [9.17, 15) is 29.7 Å². The van der Waals surface area contributed by atoms with Crippen molar-refractivity contribution in [3.63, 3.8) is 0 Å². The molecule has 0 aromatic heterocycles. The molecular weight excluding hydrogens is 508 g/mol. The Morgan fingerprint density at radius 1 is 1.03 bits per heavy atom. The van der Waals surface area contributed by atoms with Gasteiger partial charge in [0.1, 0.15) is 5.75 Å². The van der Waals surface area contributed by atoms with Crippen LogP contribution in [0.3, 0.4) is 0 Å². The van der Waals surface area contributed by atoms with Gasteiger partial charge in [0, 0.05) is 23.1 Å². The largest absolute Gasteiger partial charge is 0.497 e. The molecule has 0 aliphatic heterocycles. The molecule has 2 aromatic carbocycles. The molecule has 34 heavy (non-hydrogen) atoms. The fraction of sp³-hybridized carbons (Fsp3) is 0.333. The van der Waals surface area contributed by atoms with Crippen LogP contribution in [0, 0.1) is 0 Å². The average Bonchev–Trinajstić information content (AvgIpc) is 2.79. The van der Waals surface area contributed by atoms with Crippen LogP contribution in [-0.4, -0.2) is 70.7 Å². The van der Waals surface area contributed by atoms with Crippen molar-refractivity contribution in [2.75, 3.05) is 13.7 Å². The maximum Gasteiger partial charge on any atom is 0.488 e. The number of primary amides is 1. The molecule has 0 unspecified atom stereocenters. The molecule has 2 amide bonds. The lowest BCUT2D eigenvalue weighted by atomic mass is 9.79.